The zero-order chi connectivity index (χ0) is 22.5. The predicted octanol–water partition coefficient (Wildman–Crippen LogP) is 5.93. The van der Waals surface area contributed by atoms with E-state index in [4.69, 9.17) is 4.74 Å². The lowest BCUT2D eigenvalue weighted by Crippen LogP contribution is -2.19. The van der Waals surface area contributed by atoms with Crippen LogP contribution in [0.15, 0.2) is 81.1 Å². The highest BCUT2D eigenvalue weighted by Gasteiger charge is 2.24. The Kier molecular flexibility index (Phi) is 6.69. The highest BCUT2D eigenvalue weighted by atomic mass is 79.9. The molecule has 32 heavy (non-hydrogen) atoms. The van der Waals surface area contributed by atoms with E-state index in [1.807, 2.05) is 24.3 Å². The lowest BCUT2D eigenvalue weighted by atomic mass is 10.1. The zero-order valence-electron chi connectivity index (χ0n) is 16.5. The van der Waals surface area contributed by atoms with Crippen molar-refractivity contribution in [3.63, 3.8) is 0 Å². The van der Waals surface area contributed by atoms with E-state index in [-0.39, 0.29) is 18.3 Å². The maximum absolute atomic E-state index is 13.1. The van der Waals surface area contributed by atoms with Crippen LogP contribution in [-0.4, -0.2) is 11.1 Å². The molecule has 0 saturated carbocycles. The standard InChI is InChI=1S/C24H15BrFN3O2S/c25-18-5-10-21(31-14-16-4-2-1-3-15(16)13-27)17(11-18)12-22-23(30)29-24(32-22)28-20-8-6-19(26)7-9-20/h1-12H,14H2,(H,28,29,30)/b22-12+. The summed E-state index contributed by atoms with van der Waals surface area (Å²) < 4.78 is 19.9. The number of carbonyl (C=O) groups is 1. The summed E-state index contributed by atoms with van der Waals surface area (Å²) in [5.41, 5.74) is 2.57. The minimum atomic E-state index is -0.350. The van der Waals surface area contributed by atoms with Crippen LogP contribution in [0, 0.1) is 17.1 Å². The van der Waals surface area contributed by atoms with Crippen LogP contribution in [0.3, 0.4) is 0 Å². The topological polar surface area (TPSA) is 74.5 Å². The number of carbonyl (C=O) groups excluding carboxylic acids is 1. The molecule has 4 rings (SSSR count). The van der Waals surface area contributed by atoms with Gasteiger partial charge in [-0.1, -0.05) is 34.1 Å². The molecule has 158 valence electrons. The highest BCUT2D eigenvalue weighted by molar-refractivity contribution is 9.10. The second kappa shape index (κ2) is 9.81. The quantitative estimate of drug-likeness (QED) is 0.434. The first-order chi connectivity index (χ1) is 15.5. The first kappa shape index (κ1) is 21.8. The van der Waals surface area contributed by atoms with E-state index in [1.165, 1.54) is 36.0 Å². The monoisotopic (exact) mass is 507 g/mol. The minimum Gasteiger partial charge on any atom is -0.488 e. The number of halogens is 2. The van der Waals surface area contributed by atoms with Crippen molar-refractivity contribution in [2.75, 3.05) is 0 Å². The third kappa shape index (κ3) is 5.25. The van der Waals surface area contributed by atoms with Crippen molar-refractivity contribution in [3.05, 3.63) is 98.6 Å². The van der Waals surface area contributed by atoms with E-state index >= 15 is 0 Å². The van der Waals surface area contributed by atoms with Crippen LogP contribution in [0.1, 0.15) is 16.7 Å². The van der Waals surface area contributed by atoms with Crippen LogP contribution in [0.5, 0.6) is 5.75 Å². The molecular formula is C24H15BrFN3O2S. The smallest absolute Gasteiger partial charge is 0.264 e. The second-order valence-corrected chi connectivity index (χ2v) is 8.64. The van der Waals surface area contributed by atoms with Crippen molar-refractivity contribution in [2.45, 2.75) is 6.61 Å². The van der Waals surface area contributed by atoms with Gasteiger partial charge in [-0.05, 0) is 66.4 Å². The molecule has 8 heteroatoms. The number of amidine groups is 1. The highest BCUT2D eigenvalue weighted by Crippen LogP contribution is 2.32. The fourth-order valence-corrected chi connectivity index (χ4v) is 4.14. The van der Waals surface area contributed by atoms with Crippen molar-refractivity contribution in [2.24, 2.45) is 4.99 Å². The van der Waals surface area contributed by atoms with Crippen LogP contribution in [0.25, 0.3) is 6.08 Å². The van der Waals surface area contributed by atoms with Crippen LogP contribution in [0.2, 0.25) is 0 Å². The molecule has 0 radical (unpaired) electrons. The molecule has 1 saturated heterocycles. The number of nitriles is 1. The van der Waals surface area contributed by atoms with Crippen molar-refractivity contribution in [1.82, 2.24) is 5.32 Å². The SMILES string of the molecule is N#Cc1ccccc1COc1ccc(Br)cc1/C=C1/SC(=Nc2ccc(F)cc2)NC1=O. The molecule has 1 aliphatic heterocycles. The third-order valence-corrected chi connectivity index (χ3v) is 5.89. The van der Waals surface area contributed by atoms with Crippen molar-refractivity contribution in [1.29, 1.82) is 5.26 Å². The molecule has 3 aromatic rings. The average Bonchev–Trinajstić information content (AvgIpc) is 3.13. The maximum Gasteiger partial charge on any atom is 0.264 e. The molecule has 0 aromatic heterocycles. The van der Waals surface area contributed by atoms with Crippen LogP contribution < -0.4 is 10.1 Å². The van der Waals surface area contributed by atoms with Gasteiger partial charge in [0.05, 0.1) is 22.2 Å². The van der Waals surface area contributed by atoms with E-state index in [0.717, 1.165) is 10.0 Å². The van der Waals surface area contributed by atoms with Gasteiger partial charge in [-0.15, -0.1) is 0 Å². The number of nitrogens with one attached hydrogen (secondary N) is 1. The number of nitrogens with zero attached hydrogens (tertiary/aromatic N) is 2. The van der Waals surface area contributed by atoms with Gasteiger partial charge < -0.3 is 10.1 Å². The predicted molar refractivity (Wildman–Crippen MR) is 127 cm³/mol. The number of aliphatic imine (C=N–C) groups is 1. The lowest BCUT2D eigenvalue weighted by Gasteiger charge is -2.11. The summed E-state index contributed by atoms with van der Waals surface area (Å²) in [7, 11) is 0. The van der Waals surface area contributed by atoms with E-state index in [2.05, 4.69) is 32.3 Å². The lowest BCUT2D eigenvalue weighted by molar-refractivity contribution is -0.115. The number of ether oxygens (including phenoxy) is 1. The average molecular weight is 508 g/mol. The van der Waals surface area contributed by atoms with Gasteiger partial charge in [-0.3, -0.25) is 4.79 Å². The molecule has 0 bridgehead atoms. The number of benzene rings is 3. The molecule has 3 aromatic carbocycles. The van der Waals surface area contributed by atoms with Crippen molar-refractivity contribution in [3.8, 4) is 11.8 Å². The normalized spacial score (nSPS) is 15.6. The van der Waals surface area contributed by atoms with Gasteiger partial charge in [0.2, 0.25) is 0 Å². The molecule has 0 aliphatic carbocycles. The first-order valence-corrected chi connectivity index (χ1v) is 11.1. The fourth-order valence-electron chi connectivity index (χ4n) is 2.93. The van der Waals surface area contributed by atoms with E-state index in [1.54, 1.807) is 24.3 Å². The molecule has 1 amide bonds. The Balaban J connectivity index is 1.57. The van der Waals surface area contributed by atoms with Gasteiger partial charge in [-0.2, -0.15) is 5.26 Å². The van der Waals surface area contributed by atoms with Crippen molar-refractivity contribution >= 4 is 50.5 Å². The number of hydrogen-bond acceptors (Lipinski definition) is 5. The van der Waals surface area contributed by atoms with E-state index < -0.39 is 0 Å². The van der Waals surface area contributed by atoms with Gasteiger partial charge in [0.15, 0.2) is 5.17 Å². The van der Waals surface area contributed by atoms with E-state index in [9.17, 15) is 14.4 Å². The molecular weight excluding hydrogens is 493 g/mol. The Morgan fingerprint density at radius 3 is 2.72 bits per heavy atom. The summed E-state index contributed by atoms with van der Waals surface area (Å²) in [6.07, 6.45) is 1.73. The molecule has 1 N–H and O–H groups in total. The van der Waals surface area contributed by atoms with Crippen LogP contribution in [0.4, 0.5) is 10.1 Å². The van der Waals surface area contributed by atoms with E-state index in [0.29, 0.717) is 32.6 Å². The van der Waals surface area contributed by atoms with Crippen LogP contribution >= 0.6 is 27.7 Å². The molecule has 1 aliphatic rings. The Morgan fingerprint density at radius 2 is 1.94 bits per heavy atom. The molecule has 0 unspecified atom stereocenters. The maximum atomic E-state index is 13.1. The third-order valence-electron chi connectivity index (χ3n) is 4.49. The summed E-state index contributed by atoms with van der Waals surface area (Å²) in [5.74, 6) is -0.0559. The number of thioether (sulfide) groups is 1. The fraction of sp³-hybridized carbons (Fsp3) is 0.0417. The number of rotatable bonds is 5. The summed E-state index contributed by atoms with van der Waals surface area (Å²) in [6.45, 7) is 0.220. The molecule has 5 nitrogen and oxygen atoms in total. The van der Waals surface area contributed by atoms with Gasteiger partial charge in [0, 0.05) is 15.6 Å². The Hall–Kier alpha value is -3.41. The van der Waals surface area contributed by atoms with Gasteiger partial charge in [-0.25, -0.2) is 9.38 Å². The first-order valence-electron chi connectivity index (χ1n) is 9.47. The Morgan fingerprint density at radius 1 is 1.16 bits per heavy atom. The Bertz CT molecular complexity index is 1280. The van der Waals surface area contributed by atoms with Crippen LogP contribution in [-0.2, 0) is 11.4 Å². The molecule has 0 atom stereocenters. The minimum absolute atomic E-state index is 0.220. The largest absolute Gasteiger partial charge is 0.488 e. The summed E-state index contributed by atoms with van der Waals surface area (Å²) in [5, 5.41) is 12.4. The molecule has 1 heterocycles. The number of hydrogen-bond donors (Lipinski definition) is 1. The van der Waals surface area contributed by atoms with Crippen molar-refractivity contribution < 1.29 is 13.9 Å². The summed E-state index contributed by atoms with van der Waals surface area (Å²) in [6, 6.07) is 20.6. The van der Waals surface area contributed by atoms with Gasteiger partial charge in [0.1, 0.15) is 18.2 Å². The number of amides is 1. The summed E-state index contributed by atoms with van der Waals surface area (Å²) in [4.78, 5) is 17.3. The molecule has 0 spiro atoms. The molecule has 1 fully saturated rings. The Labute approximate surface area is 196 Å². The van der Waals surface area contributed by atoms with Gasteiger partial charge in [0.25, 0.3) is 5.91 Å². The van der Waals surface area contributed by atoms with Gasteiger partial charge >= 0.3 is 0 Å². The zero-order valence-corrected chi connectivity index (χ0v) is 18.9. The second-order valence-electron chi connectivity index (χ2n) is 6.70. The summed E-state index contributed by atoms with van der Waals surface area (Å²) >= 11 is 4.64.